The molecular weight excluding hydrogens is 296 g/mol. The molecule has 0 bridgehead atoms. The van der Waals surface area contributed by atoms with E-state index in [9.17, 15) is 18.0 Å². The minimum Gasteiger partial charge on any atom is -0.478 e. The number of carboxylic acid groups (broad SMARTS) is 1. The molecule has 7 nitrogen and oxygen atoms in total. The molecule has 0 aliphatic rings. The van der Waals surface area contributed by atoms with Crippen LogP contribution in [0.1, 0.15) is 30.1 Å². The monoisotopic (exact) mass is 314 g/mol. The molecule has 1 aromatic carbocycles. The van der Waals surface area contributed by atoms with E-state index in [0.717, 1.165) is 10.7 Å². The molecule has 116 valence electrons. The highest BCUT2D eigenvalue weighted by Crippen LogP contribution is 2.17. The maximum Gasteiger partial charge on any atom is 0.335 e. The third-order valence-electron chi connectivity index (χ3n) is 2.83. The molecule has 0 atom stereocenters. The number of amides is 1. The number of unbranched alkanes of at least 4 members (excludes halogenated alkanes) is 1. The van der Waals surface area contributed by atoms with Crippen LogP contribution in [0.3, 0.4) is 0 Å². The summed E-state index contributed by atoms with van der Waals surface area (Å²) in [6.45, 7) is 1.68. The van der Waals surface area contributed by atoms with Crippen LogP contribution in [0.15, 0.2) is 29.2 Å². The minimum absolute atomic E-state index is 0.0102. The van der Waals surface area contributed by atoms with Crippen molar-refractivity contribution in [3.05, 3.63) is 29.8 Å². The Bertz CT molecular complexity index is 610. The normalized spacial score (nSPS) is 11.5. The van der Waals surface area contributed by atoms with Gasteiger partial charge in [0.05, 0.1) is 17.0 Å². The Labute approximate surface area is 123 Å². The largest absolute Gasteiger partial charge is 0.478 e. The number of hydrogen-bond donors (Lipinski definition) is 2. The van der Waals surface area contributed by atoms with Gasteiger partial charge in [0.15, 0.2) is 0 Å². The van der Waals surface area contributed by atoms with Gasteiger partial charge in [0.25, 0.3) is 0 Å². The average molecular weight is 314 g/mol. The van der Waals surface area contributed by atoms with Crippen LogP contribution in [0.25, 0.3) is 0 Å². The zero-order valence-electron chi connectivity index (χ0n) is 11.7. The SMILES string of the molecule is CCCCN(CC(N)=O)S(=O)(=O)c1ccc(C(=O)O)cc1. The Morgan fingerprint density at radius 2 is 1.81 bits per heavy atom. The summed E-state index contributed by atoms with van der Waals surface area (Å²) in [6.07, 6.45) is 1.36. The Morgan fingerprint density at radius 3 is 2.24 bits per heavy atom. The lowest BCUT2D eigenvalue weighted by atomic mass is 10.2. The Morgan fingerprint density at radius 1 is 1.24 bits per heavy atom. The molecule has 1 aromatic rings. The molecular formula is C13H18N2O5S. The number of carbonyl (C=O) groups excluding carboxylic acids is 1. The third-order valence-corrected chi connectivity index (χ3v) is 4.69. The molecule has 0 aromatic heterocycles. The second-order valence-electron chi connectivity index (χ2n) is 4.49. The summed E-state index contributed by atoms with van der Waals surface area (Å²) in [5.41, 5.74) is 5.07. The summed E-state index contributed by atoms with van der Waals surface area (Å²) in [6, 6.07) is 4.83. The fraction of sp³-hybridized carbons (Fsp3) is 0.385. The standard InChI is InChI=1S/C13H18N2O5S/c1-2-3-8-15(9-12(14)16)21(19,20)11-6-4-10(5-7-11)13(17)18/h4-7H,2-3,8-9H2,1H3,(H2,14,16)(H,17,18). The van der Waals surface area contributed by atoms with Crippen molar-refractivity contribution in [3.63, 3.8) is 0 Å². The van der Waals surface area contributed by atoms with Crippen molar-refractivity contribution < 1.29 is 23.1 Å². The summed E-state index contributed by atoms with van der Waals surface area (Å²) >= 11 is 0. The number of rotatable bonds is 8. The van der Waals surface area contributed by atoms with Gasteiger partial charge in [-0.25, -0.2) is 13.2 Å². The smallest absolute Gasteiger partial charge is 0.335 e. The number of nitrogens with zero attached hydrogens (tertiary/aromatic N) is 1. The number of nitrogens with two attached hydrogens (primary N) is 1. The van der Waals surface area contributed by atoms with Crippen molar-refractivity contribution in [3.8, 4) is 0 Å². The van der Waals surface area contributed by atoms with Crippen LogP contribution in [0, 0.1) is 0 Å². The predicted octanol–water partition coefficient (Wildman–Crippen LogP) is 0.661. The molecule has 0 saturated carbocycles. The van der Waals surface area contributed by atoms with Crippen molar-refractivity contribution in [1.29, 1.82) is 0 Å². The van der Waals surface area contributed by atoms with Gasteiger partial charge in [0.1, 0.15) is 0 Å². The number of carbonyl (C=O) groups is 2. The summed E-state index contributed by atoms with van der Waals surface area (Å²) < 4.78 is 25.9. The van der Waals surface area contributed by atoms with Gasteiger partial charge in [-0.05, 0) is 30.7 Å². The lowest BCUT2D eigenvalue weighted by Gasteiger charge is -2.20. The molecule has 21 heavy (non-hydrogen) atoms. The van der Waals surface area contributed by atoms with Gasteiger partial charge in [-0.3, -0.25) is 4.79 Å². The van der Waals surface area contributed by atoms with Crippen molar-refractivity contribution in [2.24, 2.45) is 5.73 Å². The van der Waals surface area contributed by atoms with Gasteiger partial charge >= 0.3 is 5.97 Å². The molecule has 0 aliphatic heterocycles. The fourth-order valence-corrected chi connectivity index (χ4v) is 3.16. The van der Waals surface area contributed by atoms with Gasteiger partial charge in [-0.15, -0.1) is 0 Å². The van der Waals surface area contributed by atoms with Gasteiger partial charge in [-0.1, -0.05) is 13.3 Å². The van der Waals surface area contributed by atoms with Crippen LogP contribution in [0.5, 0.6) is 0 Å². The van der Waals surface area contributed by atoms with Gasteiger partial charge in [0.2, 0.25) is 15.9 Å². The number of primary amides is 1. The van der Waals surface area contributed by atoms with Gasteiger partial charge in [0, 0.05) is 6.54 Å². The zero-order valence-corrected chi connectivity index (χ0v) is 12.5. The summed E-state index contributed by atoms with van der Waals surface area (Å²) in [7, 11) is -3.87. The quantitative estimate of drug-likeness (QED) is 0.731. The molecule has 0 aliphatic carbocycles. The van der Waals surface area contributed by atoms with E-state index in [1.165, 1.54) is 24.3 Å². The Kier molecular flexibility index (Phi) is 5.86. The number of hydrogen-bond acceptors (Lipinski definition) is 4. The van der Waals surface area contributed by atoms with Gasteiger partial charge < -0.3 is 10.8 Å². The van der Waals surface area contributed by atoms with Crippen LogP contribution in [-0.4, -0.2) is 42.8 Å². The Hall–Kier alpha value is -1.93. The first-order valence-electron chi connectivity index (χ1n) is 6.41. The van der Waals surface area contributed by atoms with Crippen LogP contribution in [0.4, 0.5) is 0 Å². The van der Waals surface area contributed by atoms with Gasteiger partial charge in [-0.2, -0.15) is 4.31 Å². The van der Waals surface area contributed by atoms with E-state index < -0.39 is 28.4 Å². The molecule has 8 heteroatoms. The van der Waals surface area contributed by atoms with E-state index in [4.69, 9.17) is 10.8 Å². The average Bonchev–Trinajstić information content (AvgIpc) is 2.43. The second kappa shape index (κ2) is 7.19. The summed E-state index contributed by atoms with van der Waals surface area (Å²) in [5.74, 6) is -1.88. The van der Waals surface area contributed by atoms with Crippen LogP contribution in [0.2, 0.25) is 0 Å². The molecule has 0 fully saturated rings. The van der Waals surface area contributed by atoms with Crippen molar-refractivity contribution >= 4 is 21.9 Å². The highest BCUT2D eigenvalue weighted by molar-refractivity contribution is 7.89. The maximum atomic E-state index is 12.4. The first-order chi connectivity index (χ1) is 9.78. The zero-order chi connectivity index (χ0) is 16.0. The molecule has 0 spiro atoms. The number of benzene rings is 1. The second-order valence-corrected chi connectivity index (χ2v) is 6.43. The molecule has 0 unspecified atom stereocenters. The number of aromatic carboxylic acids is 1. The number of carboxylic acids is 1. The van der Waals surface area contributed by atoms with Crippen molar-refractivity contribution in [2.75, 3.05) is 13.1 Å². The molecule has 1 amide bonds. The predicted molar refractivity (Wildman–Crippen MR) is 76.3 cm³/mol. The molecule has 3 N–H and O–H groups in total. The minimum atomic E-state index is -3.87. The molecule has 0 saturated heterocycles. The van der Waals surface area contributed by atoms with Crippen LogP contribution >= 0.6 is 0 Å². The highest BCUT2D eigenvalue weighted by atomic mass is 32.2. The first kappa shape index (κ1) is 17.1. The third kappa shape index (κ3) is 4.54. The number of sulfonamides is 1. The topological polar surface area (TPSA) is 118 Å². The molecule has 0 radical (unpaired) electrons. The lowest BCUT2D eigenvalue weighted by Crippen LogP contribution is -2.39. The molecule has 0 heterocycles. The van der Waals surface area contributed by atoms with E-state index in [2.05, 4.69) is 0 Å². The van der Waals surface area contributed by atoms with E-state index in [-0.39, 0.29) is 17.0 Å². The lowest BCUT2D eigenvalue weighted by molar-refractivity contribution is -0.118. The first-order valence-corrected chi connectivity index (χ1v) is 7.85. The molecule has 1 rings (SSSR count). The van der Waals surface area contributed by atoms with Crippen LogP contribution < -0.4 is 5.73 Å². The summed E-state index contributed by atoms with van der Waals surface area (Å²) in [5, 5.41) is 8.80. The maximum absolute atomic E-state index is 12.4. The van der Waals surface area contributed by atoms with E-state index in [0.29, 0.717) is 6.42 Å². The van der Waals surface area contributed by atoms with E-state index >= 15 is 0 Å². The van der Waals surface area contributed by atoms with Crippen molar-refractivity contribution in [1.82, 2.24) is 4.31 Å². The Balaban J connectivity index is 3.08. The van der Waals surface area contributed by atoms with Crippen molar-refractivity contribution in [2.45, 2.75) is 24.7 Å². The fourth-order valence-electron chi connectivity index (χ4n) is 1.71. The van der Waals surface area contributed by atoms with Crippen LogP contribution in [-0.2, 0) is 14.8 Å². The highest BCUT2D eigenvalue weighted by Gasteiger charge is 2.25. The van der Waals surface area contributed by atoms with E-state index in [1.54, 1.807) is 0 Å². The summed E-state index contributed by atoms with van der Waals surface area (Å²) in [4.78, 5) is 21.7. The van der Waals surface area contributed by atoms with E-state index in [1.807, 2.05) is 6.92 Å².